The first kappa shape index (κ1) is 18.5. The zero-order valence-electron chi connectivity index (χ0n) is 18.3. The lowest BCUT2D eigenvalue weighted by Gasteiger charge is -2.63. The monoisotopic (exact) mass is 425 g/mol. The van der Waals surface area contributed by atoms with Gasteiger partial charge in [-0.3, -0.25) is 9.28 Å². The largest absolute Gasteiger partial charge is 0.493 e. The summed E-state index contributed by atoms with van der Waals surface area (Å²) >= 11 is 0. The molecular weight excluding hydrogens is 396 g/mol. The molecular formula is C24H29N2O5+. The summed E-state index contributed by atoms with van der Waals surface area (Å²) in [6.45, 7) is 2.32. The van der Waals surface area contributed by atoms with E-state index in [-0.39, 0.29) is 29.9 Å². The lowest BCUT2D eigenvalue weighted by molar-refractivity contribution is -0.976. The van der Waals surface area contributed by atoms with Gasteiger partial charge in [-0.15, -0.1) is 0 Å². The molecule has 5 aliphatic heterocycles. The van der Waals surface area contributed by atoms with Gasteiger partial charge >= 0.3 is 0 Å². The fourth-order valence-electron chi connectivity index (χ4n) is 8.48. The van der Waals surface area contributed by atoms with Crippen molar-refractivity contribution in [2.24, 2.45) is 11.8 Å². The minimum Gasteiger partial charge on any atom is -0.493 e. The number of benzene rings is 1. The van der Waals surface area contributed by atoms with Crippen LogP contribution in [0.15, 0.2) is 23.8 Å². The van der Waals surface area contributed by atoms with Gasteiger partial charge in [0.05, 0.1) is 58.7 Å². The van der Waals surface area contributed by atoms with Gasteiger partial charge in [0.25, 0.3) is 0 Å². The molecule has 1 N–H and O–H groups in total. The first-order valence-electron chi connectivity index (χ1n) is 11.3. The van der Waals surface area contributed by atoms with Crippen LogP contribution in [-0.2, 0) is 14.9 Å². The minimum atomic E-state index is -0.925. The maximum atomic E-state index is 13.6. The van der Waals surface area contributed by atoms with Crippen LogP contribution >= 0.6 is 0 Å². The molecule has 1 aromatic carbocycles. The number of piperidine rings is 2. The average molecular weight is 426 g/mol. The molecule has 1 saturated carbocycles. The second-order valence-corrected chi connectivity index (χ2v) is 10.5. The predicted octanol–water partition coefficient (Wildman–Crippen LogP) is 1.57. The number of rotatable bonds is 2. The zero-order chi connectivity index (χ0) is 21.3. The summed E-state index contributed by atoms with van der Waals surface area (Å²) in [5, 5.41) is 12.6. The number of amides is 1. The van der Waals surface area contributed by atoms with Gasteiger partial charge in [-0.25, -0.2) is 0 Å². The molecule has 7 nitrogen and oxygen atoms in total. The van der Waals surface area contributed by atoms with Crippen molar-refractivity contribution in [3.8, 4) is 11.5 Å². The van der Waals surface area contributed by atoms with Crippen LogP contribution < -0.4 is 14.4 Å². The quantitative estimate of drug-likeness (QED) is 0.576. The van der Waals surface area contributed by atoms with Crippen molar-refractivity contribution in [1.82, 2.24) is 0 Å². The predicted molar refractivity (Wildman–Crippen MR) is 112 cm³/mol. The van der Waals surface area contributed by atoms with Gasteiger partial charge < -0.3 is 24.2 Å². The van der Waals surface area contributed by atoms with Crippen LogP contribution in [0.4, 0.5) is 5.69 Å². The standard InChI is InChI=1S/C24H29N2O5/c1-26-6-5-23-15-8-17(29-2)18(30-3)9-16(15)25-20(27)10-19-21(22(23)25)14(11-24(23,26)28)13(12-26)4-7-31-19/h4,8-9,14,19,21-22,28H,5-7,10-12H2,1-3H3/q+1/t14-,19-,21-,22-,23-,24+,26?/m0/s1. The van der Waals surface area contributed by atoms with E-state index in [1.54, 1.807) is 14.2 Å². The molecule has 1 aromatic rings. The summed E-state index contributed by atoms with van der Waals surface area (Å²) in [7, 11) is 5.46. The van der Waals surface area contributed by atoms with Crippen LogP contribution in [0.1, 0.15) is 24.8 Å². The van der Waals surface area contributed by atoms with Crippen molar-refractivity contribution in [3.05, 3.63) is 29.3 Å². The number of aliphatic hydroxyl groups is 1. The van der Waals surface area contributed by atoms with Gasteiger partial charge in [0, 0.05) is 30.7 Å². The second kappa shape index (κ2) is 5.45. The van der Waals surface area contributed by atoms with E-state index >= 15 is 0 Å². The van der Waals surface area contributed by atoms with Gasteiger partial charge in [-0.2, -0.15) is 0 Å². The molecule has 31 heavy (non-hydrogen) atoms. The molecule has 3 saturated heterocycles. The Labute approximate surface area is 181 Å². The number of carbonyl (C=O) groups is 1. The Morgan fingerprint density at radius 3 is 2.81 bits per heavy atom. The summed E-state index contributed by atoms with van der Waals surface area (Å²) in [6.07, 6.45) is 4.12. The summed E-state index contributed by atoms with van der Waals surface area (Å²) in [5.74, 6) is 1.82. The Balaban J connectivity index is 1.57. The Morgan fingerprint density at radius 1 is 1.26 bits per heavy atom. The molecule has 164 valence electrons. The van der Waals surface area contributed by atoms with Crippen LogP contribution in [0.3, 0.4) is 0 Å². The normalized spacial score (nSPS) is 45.7. The van der Waals surface area contributed by atoms with Crippen molar-refractivity contribution in [2.75, 3.05) is 45.9 Å². The van der Waals surface area contributed by atoms with E-state index in [1.807, 2.05) is 17.0 Å². The molecule has 5 heterocycles. The number of hydrogen-bond donors (Lipinski definition) is 1. The van der Waals surface area contributed by atoms with E-state index in [2.05, 4.69) is 13.1 Å². The number of fused-ring (bicyclic) bond motifs is 2. The second-order valence-electron chi connectivity index (χ2n) is 10.5. The minimum absolute atomic E-state index is 0.0877. The smallest absolute Gasteiger partial charge is 0.229 e. The SMILES string of the molecule is COc1cc2c(cc1OC)[C@@]13CC[N+]4(C)CC5=CCO[C@H]6CC(=O)N2[C@H]1[C@H]6[C@H]5C[C@@]34O. The highest BCUT2D eigenvalue weighted by Crippen LogP contribution is 2.71. The number of carbonyl (C=O) groups excluding carboxylic acids is 1. The molecule has 2 bridgehead atoms. The molecule has 6 aliphatic rings. The number of quaternary nitrogens is 1. The van der Waals surface area contributed by atoms with Crippen molar-refractivity contribution < 1.29 is 28.6 Å². The molecule has 4 fully saturated rings. The molecule has 1 amide bonds. The number of nitrogens with zero attached hydrogens (tertiary/aromatic N) is 2. The molecule has 1 unspecified atom stereocenters. The van der Waals surface area contributed by atoms with E-state index in [0.29, 0.717) is 29.0 Å². The molecule has 7 atom stereocenters. The highest BCUT2D eigenvalue weighted by Gasteiger charge is 2.82. The summed E-state index contributed by atoms with van der Waals surface area (Å²) < 4.78 is 18.2. The van der Waals surface area contributed by atoms with E-state index < -0.39 is 11.1 Å². The average Bonchev–Trinajstić information content (AvgIpc) is 3.12. The molecule has 7 heteroatoms. The van der Waals surface area contributed by atoms with Crippen LogP contribution in [-0.4, -0.2) is 74.3 Å². The topological polar surface area (TPSA) is 68.2 Å². The first-order valence-corrected chi connectivity index (χ1v) is 11.3. The van der Waals surface area contributed by atoms with Crippen molar-refractivity contribution in [1.29, 1.82) is 0 Å². The Bertz CT molecular complexity index is 1070. The van der Waals surface area contributed by atoms with Gasteiger partial charge in [0.1, 0.15) is 12.0 Å². The van der Waals surface area contributed by atoms with Crippen LogP contribution in [0.2, 0.25) is 0 Å². The summed E-state index contributed by atoms with van der Waals surface area (Å²) in [4.78, 5) is 15.6. The van der Waals surface area contributed by atoms with E-state index in [9.17, 15) is 9.90 Å². The van der Waals surface area contributed by atoms with Crippen molar-refractivity contribution in [3.63, 3.8) is 0 Å². The number of likely N-dealkylation sites (N-methyl/N-ethyl adjacent to an activating group) is 1. The number of anilines is 1. The maximum Gasteiger partial charge on any atom is 0.229 e. The maximum absolute atomic E-state index is 13.6. The fraction of sp³-hybridized carbons (Fsp3) is 0.625. The lowest BCUT2D eigenvalue weighted by Crippen LogP contribution is -2.78. The van der Waals surface area contributed by atoms with Gasteiger partial charge in [0.15, 0.2) is 11.5 Å². The third-order valence-corrected chi connectivity index (χ3v) is 9.70. The molecule has 1 spiro atoms. The number of ether oxygens (including phenoxy) is 3. The molecule has 7 rings (SSSR count). The highest BCUT2D eigenvalue weighted by molar-refractivity contribution is 5.99. The molecule has 0 radical (unpaired) electrons. The van der Waals surface area contributed by atoms with Crippen LogP contribution in [0.5, 0.6) is 11.5 Å². The van der Waals surface area contributed by atoms with Gasteiger partial charge in [-0.05, 0) is 17.2 Å². The fourth-order valence-corrected chi connectivity index (χ4v) is 8.48. The van der Waals surface area contributed by atoms with Crippen molar-refractivity contribution >= 4 is 11.6 Å². The van der Waals surface area contributed by atoms with E-state index in [1.165, 1.54) is 5.57 Å². The number of hydrogen-bond acceptors (Lipinski definition) is 5. The Hall–Kier alpha value is -2.09. The Kier molecular flexibility index (Phi) is 3.25. The Morgan fingerprint density at radius 2 is 2.03 bits per heavy atom. The molecule has 0 aromatic heterocycles. The molecule has 1 aliphatic carbocycles. The zero-order valence-corrected chi connectivity index (χ0v) is 18.3. The van der Waals surface area contributed by atoms with Crippen LogP contribution in [0.25, 0.3) is 0 Å². The van der Waals surface area contributed by atoms with E-state index in [4.69, 9.17) is 14.2 Å². The number of methoxy groups -OCH3 is 2. The van der Waals surface area contributed by atoms with Gasteiger partial charge in [0.2, 0.25) is 11.6 Å². The third kappa shape index (κ3) is 1.77. The highest BCUT2D eigenvalue weighted by atomic mass is 16.5. The van der Waals surface area contributed by atoms with Gasteiger partial charge in [-0.1, -0.05) is 6.08 Å². The van der Waals surface area contributed by atoms with Crippen molar-refractivity contribution in [2.45, 2.75) is 42.5 Å². The third-order valence-electron chi connectivity index (χ3n) is 9.70. The first-order chi connectivity index (χ1) is 14.9. The summed E-state index contributed by atoms with van der Waals surface area (Å²) in [6, 6.07) is 3.88. The lowest BCUT2D eigenvalue weighted by atomic mass is 9.51. The summed E-state index contributed by atoms with van der Waals surface area (Å²) in [5.41, 5.74) is 1.89. The van der Waals surface area contributed by atoms with E-state index in [0.717, 1.165) is 37.2 Å². The van der Waals surface area contributed by atoms with Crippen LogP contribution in [0, 0.1) is 11.8 Å².